The minimum atomic E-state index is -0.531. The van der Waals surface area contributed by atoms with E-state index in [1.54, 1.807) is 0 Å². The fourth-order valence-electron chi connectivity index (χ4n) is 7.19. The van der Waals surface area contributed by atoms with Crippen molar-refractivity contribution in [2.75, 3.05) is 0 Å². The highest BCUT2D eigenvalue weighted by molar-refractivity contribution is 6.24. The molecular formula is C40H31N3O. The molecule has 1 aliphatic rings. The monoisotopic (exact) mass is 570 g/mol. The summed E-state index contributed by atoms with van der Waals surface area (Å²) in [5.41, 5.74) is 8.23. The second-order valence-corrected chi connectivity index (χ2v) is 11.9. The predicted molar refractivity (Wildman–Crippen MR) is 180 cm³/mol. The zero-order chi connectivity index (χ0) is 30.0. The molecule has 212 valence electrons. The molecule has 0 N–H and O–H groups in total. The van der Waals surface area contributed by atoms with E-state index in [0.29, 0.717) is 0 Å². The first kappa shape index (κ1) is 24.2. The molecule has 4 nitrogen and oxygen atoms in total. The molecule has 0 atom stereocenters. The largest absolute Gasteiger partial charge is 0.455 e. The lowest BCUT2D eigenvalue weighted by Crippen LogP contribution is -2.04. The SMILES string of the molecule is [2H]C1(c2ccnc(-c3cccc(Oc4cc(-c5ccccn5)cc5c6cccc7c8ccccc8n(c45)c76)c3)c2)CCCCC1. The first-order valence-corrected chi connectivity index (χ1v) is 15.5. The number of fused-ring (bicyclic) bond motifs is 6. The van der Waals surface area contributed by atoms with Crippen LogP contribution in [-0.4, -0.2) is 14.4 Å². The number of para-hydroxylation sites is 2. The lowest BCUT2D eigenvalue weighted by atomic mass is 9.84. The Kier molecular flexibility index (Phi) is 5.62. The third kappa shape index (κ3) is 4.05. The number of rotatable bonds is 5. The van der Waals surface area contributed by atoms with Crippen molar-refractivity contribution < 1.29 is 6.11 Å². The highest BCUT2D eigenvalue weighted by Crippen LogP contribution is 2.45. The van der Waals surface area contributed by atoms with Crippen LogP contribution in [0.3, 0.4) is 0 Å². The van der Waals surface area contributed by atoms with Crippen molar-refractivity contribution >= 4 is 38.1 Å². The Labute approximate surface area is 257 Å². The Hall–Kier alpha value is -5.22. The molecule has 0 saturated heterocycles. The molecule has 4 heteroatoms. The third-order valence-electron chi connectivity index (χ3n) is 9.23. The van der Waals surface area contributed by atoms with E-state index in [1.807, 2.05) is 48.8 Å². The van der Waals surface area contributed by atoms with Gasteiger partial charge in [0.2, 0.25) is 0 Å². The topological polar surface area (TPSA) is 39.4 Å². The third-order valence-corrected chi connectivity index (χ3v) is 9.23. The average Bonchev–Trinajstić information content (AvgIpc) is 3.62. The quantitative estimate of drug-likeness (QED) is 0.207. The lowest BCUT2D eigenvalue weighted by molar-refractivity contribution is 0.443. The number of nitrogens with zero attached hydrogens (tertiary/aromatic N) is 3. The average molecular weight is 571 g/mol. The van der Waals surface area contributed by atoms with Crippen LogP contribution in [0.15, 0.2) is 122 Å². The van der Waals surface area contributed by atoms with Gasteiger partial charge in [0.15, 0.2) is 5.75 Å². The molecule has 4 aromatic carbocycles. The van der Waals surface area contributed by atoms with Crippen LogP contribution in [0.2, 0.25) is 0 Å². The molecule has 0 radical (unpaired) electrons. The van der Waals surface area contributed by atoms with Gasteiger partial charge in [-0.25, -0.2) is 0 Å². The van der Waals surface area contributed by atoms with Gasteiger partial charge in [-0.2, -0.15) is 0 Å². The van der Waals surface area contributed by atoms with Crippen LogP contribution in [0, 0.1) is 0 Å². The fourth-order valence-corrected chi connectivity index (χ4v) is 7.19. The van der Waals surface area contributed by atoms with Gasteiger partial charge in [-0.1, -0.05) is 73.9 Å². The maximum absolute atomic E-state index is 9.16. The van der Waals surface area contributed by atoms with Crippen molar-refractivity contribution in [3.8, 4) is 34.0 Å². The van der Waals surface area contributed by atoms with Gasteiger partial charge in [0.25, 0.3) is 0 Å². The van der Waals surface area contributed by atoms with Gasteiger partial charge in [0, 0.05) is 46.4 Å². The van der Waals surface area contributed by atoms with E-state index < -0.39 is 5.89 Å². The molecule has 4 heterocycles. The zero-order valence-corrected chi connectivity index (χ0v) is 24.3. The van der Waals surface area contributed by atoms with Crippen LogP contribution in [0.4, 0.5) is 0 Å². The molecule has 44 heavy (non-hydrogen) atoms. The first-order chi connectivity index (χ1) is 22.2. The number of ether oxygens (including phenoxy) is 1. The van der Waals surface area contributed by atoms with Crippen LogP contribution >= 0.6 is 0 Å². The van der Waals surface area contributed by atoms with E-state index in [0.717, 1.165) is 81.7 Å². The van der Waals surface area contributed by atoms with Gasteiger partial charge < -0.3 is 9.14 Å². The molecule has 9 rings (SSSR count). The summed E-state index contributed by atoms with van der Waals surface area (Å²) in [5.74, 6) is 0.983. The van der Waals surface area contributed by atoms with Crippen molar-refractivity contribution in [2.45, 2.75) is 38.0 Å². The van der Waals surface area contributed by atoms with Crippen molar-refractivity contribution in [2.24, 2.45) is 0 Å². The number of hydrogen-bond acceptors (Lipinski definition) is 3. The maximum atomic E-state index is 9.16. The molecule has 0 unspecified atom stereocenters. The summed E-state index contributed by atoms with van der Waals surface area (Å²) >= 11 is 0. The Bertz CT molecular complexity index is 2350. The summed E-state index contributed by atoms with van der Waals surface area (Å²) < 4.78 is 18.4. The van der Waals surface area contributed by atoms with Crippen LogP contribution < -0.4 is 4.74 Å². The molecule has 0 spiro atoms. The molecule has 8 aromatic rings. The van der Waals surface area contributed by atoms with Crippen LogP contribution in [0.1, 0.15) is 44.9 Å². The normalized spacial score (nSPS) is 15.3. The van der Waals surface area contributed by atoms with E-state index in [-0.39, 0.29) is 0 Å². The van der Waals surface area contributed by atoms with Gasteiger partial charge in [-0.05, 0) is 78.9 Å². The first-order valence-electron chi connectivity index (χ1n) is 16.0. The van der Waals surface area contributed by atoms with E-state index in [9.17, 15) is 0 Å². The Morgan fingerprint density at radius 1 is 0.614 bits per heavy atom. The molecule has 0 aliphatic heterocycles. The summed E-state index contributed by atoms with van der Waals surface area (Å²) in [4.78, 5) is 9.40. The molecule has 0 bridgehead atoms. The number of hydrogen-bond donors (Lipinski definition) is 0. The molecule has 4 aromatic heterocycles. The zero-order valence-electron chi connectivity index (χ0n) is 25.3. The van der Waals surface area contributed by atoms with Crippen molar-refractivity contribution in [1.82, 2.24) is 14.4 Å². The van der Waals surface area contributed by atoms with Crippen LogP contribution in [0.5, 0.6) is 11.5 Å². The van der Waals surface area contributed by atoms with Gasteiger partial charge in [-0.15, -0.1) is 0 Å². The molecule has 1 fully saturated rings. The fraction of sp³-hybridized carbons (Fsp3) is 0.150. The summed E-state index contributed by atoms with van der Waals surface area (Å²) in [7, 11) is 0. The number of benzene rings is 4. The highest BCUT2D eigenvalue weighted by atomic mass is 16.5. The van der Waals surface area contributed by atoms with Crippen molar-refractivity contribution in [3.05, 3.63) is 127 Å². The number of pyridine rings is 2. The Balaban J connectivity index is 1.22. The van der Waals surface area contributed by atoms with Gasteiger partial charge in [0.05, 0.1) is 27.9 Å². The lowest BCUT2D eigenvalue weighted by Gasteiger charge is -2.22. The summed E-state index contributed by atoms with van der Waals surface area (Å²) in [6.07, 6.45) is 8.94. The summed E-state index contributed by atoms with van der Waals surface area (Å²) in [5, 5.41) is 4.81. The van der Waals surface area contributed by atoms with Crippen LogP contribution in [-0.2, 0) is 0 Å². The minimum Gasteiger partial charge on any atom is -0.455 e. The molecule has 0 amide bonds. The number of aromatic nitrogens is 3. The summed E-state index contributed by atoms with van der Waals surface area (Å²) in [6, 6.07) is 37.8. The minimum absolute atomic E-state index is 0.531. The predicted octanol–water partition coefficient (Wildman–Crippen LogP) is 10.8. The molecule has 1 aliphatic carbocycles. The summed E-state index contributed by atoms with van der Waals surface area (Å²) in [6.45, 7) is 0. The van der Waals surface area contributed by atoms with E-state index >= 15 is 0 Å². The van der Waals surface area contributed by atoms with E-state index in [4.69, 9.17) is 11.1 Å². The van der Waals surface area contributed by atoms with Gasteiger partial charge in [0.1, 0.15) is 5.75 Å². The molecule has 1 saturated carbocycles. The Morgan fingerprint density at radius 3 is 2.30 bits per heavy atom. The van der Waals surface area contributed by atoms with Crippen LogP contribution in [0.25, 0.3) is 60.6 Å². The van der Waals surface area contributed by atoms with E-state index in [1.165, 1.54) is 28.1 Å². The smallest absolute Gasteiger partial charge is 0.152 e. The second kappa shape index (κ2) is 10.2. The van der Waals surface area contributed by atoms with Crippen molar-refractivity contribution in [1.29, 1.82) is 0 Å². The van der Waals surface area contributed by atoms with Gasteiger partial charge >= 0.3 is 0 Å². The highest BCUT2D eigenvalue weighted by Gasteiger charge is 2.22. The standard InChI is InChI=1S/C40H31N3O/c1-2-10-26(11-3-1)27-19-21-42-36(24-27)28-12-8-13-30(22-28)44-38-25-29(35-17-6-7-20-41-35)23-34-33-16-9-15-32-31-14-4-5-18-37(31)43(39(32)33)40(34)38/h4-9,12-26H,1-3,10-11H2/i26D. The van der Waals surface area contributed by atoms with Gasteiger partial charge in [-0.3, -0.25) is 9.97 Å². The van der Waals surface area contributed by atoms with Crippen molar-refractivity contribution in [3.63, 3.8) is 0 Å². The van der Waals surface area contributed by atoms with E-state index in [2.05, 4.69) is 82.2 Å². The Morgan fingerprint density at radius 2 is 1.41 bits per heavy atom. The maximum Gasteiger partial charge on any atom is 0.152 e. The second-order valence-electron chi connectivity index (χ2n) is 11.9. The molecular weight excluding hydrogens is 538 g/mol.